The number of nitrogens with one attached hydrogen (secondary N) is 2. The predicted molar refractivity (Wildman–Crippen MR) is 107 cm³/mol. The quantitative estimate of drug-likeness (QED) is 0.523. The summed E-state index contributed by atoms with van der Waals surface area (Å²) in [5.41, 5.74) is 3.44. The van der Waals surface area contributed by atoms with E-state index >= 15 is 0 Å². The molecule has 152 valence electrons. The van der Waals surface area contributed by atoms with E-state index in [2.05, 4.69) is 53.8 Å². The molecule has 1 aromatic carbocycles. The fourth-order valence-electron chi connectivity index (χ4n) is 3.79. The van der Waals surface area contributed by atoms with Crippen LogP contribution in [0.3, 0.4) is 0 Å². The van der Waals surface area contributed by atoms with Crippen molar-refractivity contribution in [2.45, 2.75) is 25.2 Å². The first-order valence-corrected chi connectivity index (χ1v) is 9.91. The van der Waals surface area contributed by atoms with Crippen LogP contribution >= 0.6 is 0 Å². The molecule has 1 aliphatic heterocycles. The molecule has 5 rings (SSSR count). The fourth-order valence-corrected chi connectivity index (χ4v) is 3.79. The number of benzene rings is 1. The first-order chi connectivity index (χ1) is 14.8. The van der Waals surface area contributed by atoms with Crippen LogP contribution in [-0.4, -0.2) is 64.0 Å². The van der Waals surface area contributed by atoms with Crippen LogP contribution in [0.2, 0.25) is 0 Å². The van der Waals surface area contributed by atoms with Crippen LogP contribution in [0.25, 0.3) is 5.95 Å². The van der Waals surface area contributed by atoms with Gasteiger partial charge < -0.3 is 4.90 Å². The van der Waals surface area contributed by atoms with Gasteiger partial charge in [0.2, 0.25) is 5.82 Å². The molecule has 0 radical (unpaired) electrons. The Bertz CT molecular complexity index is 1110. The number of nitrogens with zero attached hydrogens (tertiary/aromatic N) is 7. The van der Waals surface area contributed by atoms with Crippen LogP contribution in [0.5, 0.6) is 0 Å². The van der Waals surface area contributed by atoms with E-state index in [0.717, 1.165) is 30.7 Å². The van der Waals surface area contributed by atoms with Crippen molar-refractivity contribution in [3.05, 3.63) is 71.8 Å². The summed E-state index contributed by atoms with van der Waals surface area (Å²) in [6.07, 6.45) is 5.55. The lowest BCUT2D eigenvalue weighted by Crippen LogP contribution is -2.38. The Labute approximate surface area is 172 Å². The van der Waals surface area contributed by atoms with Gasteiger partial charge in [0.15, 0.2) is 0 Å². The van der Waals surface area contributed by atoms with E-state index in [-0.39, 0.29) is 11.7 Å². The molecule has 0 unspecified atom stereocenters. The Morgan fingerprint density at radius 3 is 2.57 bits per heavy atom. The summed E-state index contributed by atoms with van der Waals surface area (Å²) in [4.78, 5) is 18.8. The Kier molecular flexibility index (Phi) is 4.80. The molecular formula is C20H21N9O. The number of amides is 1. The summed E-state index contributed by atoms with van der Waals surface area (Å²) in [7, 11) is 0. The summed E-state index contributed by atoms with van der Waals surface area (Å²) >= 11 is 0. The summed E-state index contributed by atoms with van der Waals surface area (Å²) in [5.74, 6) is 0.770. The fraction of sp³-hybridized carbons (Fsp3) is 0.300. The lowest BCUT2D eigenvalue weighted by Gasteiger charge is -2.30. The van der Waals surface area contributed by atoms with Crippen molar-refractivity contribution in [3.8, 4) is 5.95 Å². The summed E-state index contributed by atoms with van der Waals surface area (Å²) < 4.78 is 1.55. The van der Waals surface area contributed by atoms with Crippen molar-refractivity contribution in [3.63, 3.8) is 0 Å². The third-order valence-corrected chi connectivity index (χ3v) is 5.41. The average Bonchev–Trinajstić information content (AvgIpc) is 3.55. The van der Waals surface area contributed by atoms with Crippen LogP contribution in [0.15, 0.2) is 49.1 Å². The third-order valence-electron chi connectivity index (χ3n) is 5.41. The maximum absolute atomic E-state index is 12.8. The second-order valence-corrected chi connectivity index (χ2v) is 7.40. The molecule has 4 heterocycles. The molecule has 1 fully saturated rings. The molecule has 3 aromatic heterocycles. The monoisotopic (exact) mass is 403 g/mol. The standard InChI is InChI=1S/C20H21N9O/c30-19(18-23-20(27-26-18)29-12-21-22-13-29)28-8-6-15(7-9-28)17-11-16(24-25-17)10-14-4-2-1-3-5-14/h1-5,11-13,15H,6-10H2,(H,24,25)(H,23,26,27). The van der Waals surface area contributed by atoms with Gasteiger partial charge in [-0.25, -0.2) is 0 Å². The number of aromatic amines is 2. The Morgan fingerprint density at radius 2 is 1.80 bits per heavy atom. The van der Waals surface area contributed by atoms with Crippen molar-refractivity contribution in [2.75, 3.05) is 13.1 Å². The largest absolute Gasteiger partial charge is 0.336 e. The number of likely N-dealkylation sites (tertiary alicyclic amines) is 1. The van der Waals surface area contributed by atoms with Gasteiger partial charge in [0.25, 0.3) is 11.9 Å². The van der Waals surface area contributed by atoms with E-state index in [9.17, 15) is 4.79 Å². The second-order valence-electron chi connectivity index (χ2n) is 7.40. The van der Waals surface area contributed by atoms with Gasteiger partial charge in [0.1, 0.15) is 12.7 Å². The number of piperidine rings is 1. The van der Waals surface area contributed by atoms with E-state index < -0.39 is 0 Å². The van der Waals surface area contributed by atoms with Crippen molar-refractivity contribution in [1.29, 1.82) is 0 Å². The van der Waals surface area contributed by atoms with Crippen molar-refractivity contribution >= 4 is 5.91 Å². The molecule has 0 atom stereocenters. The number of carbonyl (C=O) groups excluding carboxylic acids is 1. The molecule has 30 heavy (non-hydrogen) atoms. The predicted octanol–water partition coefficient (Wildman–Crippen LogP) is 1.72. The number of rotatable bonds is 5. The summed E-state index contributed by atoms with van der Waals surface area (Å²) in [6, 6.07) is 12.5. The molecule has 0 saturated carbocycles. The zero-order valence-corrected chi connectivity index (χ0v) is 16.3. The van der Waals surface area contributed by atoms with Crippen molar-refractivity contribution in [2.24, 2.45) is 0 Å². The van der Waals surface area contributed by atoms with Crippen molar-refractivity contribution < 1.29 is 4.79 Å². The minimum Gasteiger partial charge on any atom is -0.336 e. The number of aromatic nitrogens is 8. The first kappa shape index (κ1) is 18.2. The number of carbonyl (C=O) groups is 1. The molecule has 0 spiro atoms. The molecule has 2 N–H and O–H groups in total. The van der Waals surface area contributed by atoms with Gasteiger partial charge in [-0.1, -0.05) is 30.3 Å². The molecule has 4 aromatic rings. The Balaban J connectivity index is 1.19. The molecule has 0 aliphatic carbocycles. The topological polar surface area (TPSA) is 121 Å². The Morgan fingerprint density at radius 1 is 1.03 bits per heavy atom. The molecule has 10 nitrogen and oxygen atoms in total. The van der Waals surface area contributed by atoms with E-state index in [1.807, 2.05) is 23.1 Å². The smallest absolute Gasteiger partial charge is 0.291 e. The SMILES string of the molecule is O=C(c1nc(-n2cnnc2)n[nH]1)N1CCC(c2cc(Cc3ccccc3)[nH]n2)CC1. The molecule has 1 saturated heterocycles. The highest BCUT2D eigenvalue weighted by molar-refractivity contribution is 5.90. The van der Waals surface area contributed by atoms with E-state index in [1.54, 1.807) is 4.57 Å². The van der Waals surface area contributed by atoms with E-state index in [0.29, 0.717) is 25.0 Å². The van der Waals surface area contributed by atoms with Gasteiger partial charge in [-0.3, -0.25) is 19.6 Å². The van der Waals surface area contributed by atoms with Gasteiger partial charge in [-0.2, -0.15) is 10.1 Å². The Hall–Kier alpha value is -3.82. The highest BCUT2D eigenvalue weighted by Crippen LogP contribution is 2.28. The van der Waals surface area contributed by atoms with Crippen LogP contribution < -0.4 is 0 Å². The van der Waals surface area contributed by atoms with Gasteiger partial charge >= 0.3 is 0 Å². The van der Waals surface area contributed by atoms with Gasteiger partial charge in [0.05, 0.1) is 5.69 Å². The molecule has 1 amide bonds. The second kappa shape index (κ2) is 7.90. The summed E-state index contributed by atoms with van der Waals surface area (Å²) in [6.45, 7) is 1.32. The van der Waals surface area contributed by atoms with Crippen LogP contribution in [0.4, 0.5) is 0 Å². The lowest BCUT2D eigenvalue weighted by molar-refractivity contribution is 0.0700. The maximum atomic E-state index is 12.8. The number of hydrogen-bond donors (Lipinski definition) is 2. The number of hydrogen-bond acceptors (Lipinski definition) is 6. The van der Waals surface area contributed by atoms with Crippen LogP contribution in [0.1, 0.15) is 46.3 Å². The first-order valence-electron chi connectivity index (χ1n) is 9.91. The molecule has 10 heteroatoms. The zero-order valence-electron chi connectivity index (χ0n) is 16.3. The summed E-state index contributed by atoms with van der Waals surface area (Å²) in [5, 5.41) is 21.9. The lowest BCUT2D eigenvalue weighted by atomic mass is 9.93. The van der Waals surface area contributed by atoms with Crippen LogP contribution in [-0.2, 0) is 6.42 Å². The van der Waals surface area contributed by atoms with Gasteiger partial charge in [0, 0.05) is 31.1 Å². The highest BCUT2D eigenvalue weighted by Gasteiger charge is 2.27. The van der Waals surface area contributed by atoms with Gasteiger partial charge in [-0.05, 0) is 24.5 Å². The molecule has 1 aliphatic rings. The van der Waals surface area contributed by atoms with E-state index in [1.165, 1.54) is 18.2 Å². The molecule has 0 bridgehead atoms. The maximum Gasteiger partial charge on any atom is 0.291 e. The van der Waals surface area contributed by atoms with Gasteiger partial charge in [-0.15, -0.1) is 15.3 Å². The molecular weight excluding hydrogens is 382 g/mol. The average molecular weight is 403 g/mol. The minimum absolute atomic E-state index is 0.146. The third kappa shape index (κ3) is 3.71. The van der Waals surface area contributed by atoms with Crippen LogP contribution in [0, 0.1) is 0 Å². The number of H-pyrrole nitrogens is 2. The van der Waals surface area contributed by atoms with Crippen molar-refractivity contribution in [1.82, 2.24) is 45.0 Å². The van der Waals surface area contributed by atoms with E-state index in [4.69, 9.17) is 0 Å². The minimum atomic E-state index is -0.146. The normalized spacial score (nSPS) is 14.9. The zero-order chi connectivity index (χ0) is 20.3. The highest BCUT2D eigenvalue weighted by atomic mass is 16.2.